The Morgan fingerprint density at radius 2 is 1.86 bits per heavy atom. The van der Waals surface area contributed by atoms with E-state index in [-0.39, 0.29) is 36.8 Å². The van der Waals surface area contributed by atoms with Gasteiger partial charge in [-0.1, -0.05) is 30.3 Å². The average molecular weight is 399 g/mol. The largest absolute Gasteiger partial charge is 0.512 e. The van der Waals surface area contributed by atoms with E-state index in [9.17, 15) is 14.7 Å². The van der Waals surface area contributed by atoms with Crippen LogP contribution in [0, 0.1) is 5.92 Å². The Morgan fingerprint density at radius 3 is 2.45 bits per heavy atom. The normalized spacial score (nSPS) is 13.4. The summed E-state index contributed by atoms with van der Waals surface area (Å²) in [7, 11) is 0. The molecule has 7 nitrogen and oxygen atoms in total. The van der Waals surface area contributed by atoms with Crippen molar-refractivity contribution in [3.8, 4) is 0 Å². The molecule has 2 rings (SSSR count). The molecule has 0 fully saturated rings. The third kappa shape index (κ3) is 6.34. The molecule has 0 saturated carbocycles. The lowest BCUT2D eigenvalue weighted by molar-refractivity contribution is -0.146. The fourth-order valence-corrected chi connectivity index (χ4v) is 2.60. The molecule has 1 unspecified atom stereocenters. The number of aliphatic hydroxyl groups excluding tert-OH is 1. The van der Waals surface area contributed by atoms with Gasteiger partial charge >= 0.3 is 11.9 Å². The van der Waals surface area contributed by atoms with E-state index >= 15 is 0 Å². The maximum absolute atomic E-state index is 12.6. The Hall–Kier alpha value is -3.35. The number of hydrogen-bond acceptors (Lipinski definition) is 7. The second-order valence-corrected chi connectivity index (χ2v) is 6.33. The van der Waals surface area contributed by atoms with Crippen LogP contribution in [0.5, 0.6) is 0 Å². The minimum absolute atomic E-state index is 0.0928. The van der Waals surface area contributed by atoms with Gasteiger partial charge in [0.2, 0.25) is 0 Å². The Kier molecular flexibility index (Phi) is 8.21. The van der Waals surface area contributed by atoms with Crippen LogP contribution in [0.3, 0.4) is 0 Å². The Morgan fingerprint density at radius 1 is 1.14 bits per heavy atom. The summed E-state index contributed by atoms with van der Waals surface area (Å²) in [4.78, 5) is 29.5. The van der Waals surface area contributed by atoms with Crippen molar-refractivity contribution in [2.24, 2.45) is 10.9 Å². The summed E-state index contributed by atoms with van der Waals surface area (Å²) in [6, 6.07) is 11.0. The summed E-state index contributed by atoms with van der Waals surface area (Å²) in [5.74, 6) is -2.49. The van der Waals surface area contributed by atoms with E-state index in [0.717, 1.165) is 11.1 Å². The molecule has 1 heterocycles. The van der Waals surface area contributed by atoms with Crippen LogP contribution in [0.25, 0.3) is 0 Å². The zero-order valence-corrected chi connectivity index (χ0v) is 16.8. The molecule has 0 amide bonds. The highest BCUT2D eigenvalue weighted by Gasteiger charge is 2.30. The SMILES string of the molecule is CCOC(=O)C(C(=NCc1ccoc1)C(C)C(=O)OCc1ccccc1)=C(C)O. The van der Waals surface area contributed by atoms with Crippen molar-refractivity contribution in [2.75, 3.05) is 6.61 Å². The smallest absolute Gasteiger partial charge is 0.343 e. The summed E-state index contributed by atoms with van der Waals surface area (Å²) in [6.45, 7) is 4.96. The maximum atomic E-state index is 12.6. The van der Waals surface area contributed by atoms with Gasteiger partial charge in [0.05, 0.1) is 37.3 Å². The van der Waals surface area contributed by atoms with Crippen LogP contribution >= 0.6 is 0 Å². The quantitative estimate of drug-likeness (QED) is 0.296. The molecule has 29 heavy (non-hydrogen) atoms. The van der Waals surface area contributed by atoms with E-state index in [4.69, 9.17) is 13.9 Å². The number of allylic oxidation sites excluding steroid dienone is 1. The molecular weight excluding hydrogens is 374 g/mol. The molecular formula is C22H25NO6. The number of rotatable bonds is 9. The van der Waals surface area contributed by atoms with E-state index < -0.39 is 17.9 Å². The van der Waals surface area contributed by atoms with Crippen LogP contribution in [0.2, 0.25) is 0 Å². The van der Waals surface area contributed by atoms with Gasteiger partial charge in [-0.3, -0.25) is 9.79 Å². The van der Waals surface area contributed by atoms with E-state index in [1.807, 2.05) is 30.3 Å². The van der Waals surface area contributed by atoms with Gasteiger partial charge in [-0.25, -0.2) is 4.79 Å². The van der Waals surface area contributed by atoms with Crippen molar-refractivity contribution in [1.29, 1.82) is 0 Å². The van der Waals surface area contributed by atoms with Gasteiger partial charge in [0, 0.05) is 5.56 Å². The minimum Gasteiger partial charge on any atom is -0.512 e. The molecule has 0 spiro atoms. The summed E-state index contributed by atoms with van der Waals surface area (Å²) in [5.41, 5.74) is 1.55. The number of furan rings is 1. The van der Waals surface area contributed by atoms with E-state index in [2.05, 4.69) is 4.99 Å². The zero-order valence-electron chi connectivity index (χ0n) is 16.8. The first-order valence-electron chi connectivity index (χ1n) is 9.27. The summed E-state index contributed by atoms with van der Waals surface area (Å²) in [5, 5.41) is 10.1. The summed E-state index contributed by atoms with van der Waals surface area (Å²) >= 11 is 0. The predicted octanol–water partition coefficient (Wildman–Crippen LogP) is 4.00. The van der Waals surface area contributed by atoms with Gasteiger partial charge in [0.1, 0.15) is 17.9 Å². The van der Waals surface area contributed by atoms with Crippen LogP contribution < -0.4 is 0 Å². The van der Waals surface area contributed by atoms with Gasteiger partial charge in [-0.2, -0.15) is 0 Å². The number of carbonyl (C=O) groups is 2. The topological polar surface area (TPSA) is 98.3 Å². The molecule has 0 radical (unpaired) electrons. The van der Waals surface area contributed by atoms with Gasteiger partial charge in [-0.15, -0.1) is 0 Å². The molecule has 0 bridgehead atoms. The second kappa shape index (κ2) is 10.8. The van der Waals surface area contributed by atoms with Crippen LogP contribution in [-0.4, -0.2) is 29.4 Å². The van der Waals surface area contributed by atoms with Gasteiger partial charge in [0.15, 0.2) is 0 Å². The molecule has 0 aliphatic rings. The predicted molar refractivity (Wildman–Crippen MR) is 107 cm³/mol. The molecule has 7 heteroatoms. The first-order chi connectivity index (χ1) is 13.9. The fraction of sp³-hybridized carbons (Fsp3) is 0.318. The summed E-state index contributed by atoms with van der Waals surface area (Å²) in [6.07, 6.45) is 3.01. The molecule has 2 aromatic rings. The molecule has 0 aliphatic carbocycles. The Labute approximate surface area is 169 Å². The number of aliphatic imine (C=N–C) groups is 1. The molecule has 1 N–H and O–H groups in total. The highest BCUT2D eigenvalue weighted by Crippen LogP contribution is 2.18. The number of aliphatic hydroxyl groups is 1. The minimum atomic E-state index is -0.896. The van der Waals surface area contributed by atoms with Crippen molar-refractivity contribution in [3.63, 3.8) is 0 Å². The Bertz CT molecular complexity index is 864. The fourth-order valence-electron chi connectivity index (χ4n) is 2.60. The molecule has 154 valence electrons. The zero-order chi connectivity index (χ0) is 21.2. The third-order valence-corrected chi connectivity index (χ3v) is 4.10. The van der Waals surface area contributed by atoms with Crippen molar-refractivity contribution in [2.45, 2.75) is 33.9 Å². The Balaban J connectivity index is 2.27. The van der Waals surface area contributed by atoms with Crippen molar-refractivity contribution in [3.05, 3.63) is 71.4 Å². The summed E-state index contributed by atoms with van der Waals surface area (Å²) < 4.78 is 15.4. The van der Waals surface area contributed by atoms with Crippen molar-refractivity contribution in [1.82, 2.24) is 0 Å². The standard InChI is InChI=1S/C22H25NO6/c1-4-28-22(26)19(16(3)24)20(23-12-18-10-11-27-13-18)15(2)21(25)29-14-17-8-6-5-7-9-17/h5-11,13,15,24H,4,12,14H2,1-3H3. The monoisotopic (exact) mass is 399 g/mol. The maximum Gasteiger partial charge on any atom is 0.343 e. The molecule has 1 aromatic heterocycles. The molecule has 0 aliphatic heterocycles. The number of hydrogen-bond donors (Lipinski definition) is 1. The third-order valence-electron chi connectivity index (χ3n) is 4.10. The van der Waals surface area contributed by atoms with E-state index in [1.165, 1.54) is 19.5 Å². The molecule has 1 aromatic carbocycles. The lowest BCUT2D eigenvalue weighted by Gasteiger charge is -2.17. The first kappa shape index (κ1) is 21.9. The van der Waals surface area contributed by atoms with Crippen LogP contribution in [0.15, 0.2) is 69.7 Å². The highest BCUT2D eigenvalue weighted by atomic mass is 16.5. The lowest BCUT2D eigenvalue weighted by Crippen LogP contribution is -2.29. The van der Waals surface area contributed by atoms with Gasteiger partial charge in [-0.05, 0) is 32.4 Å². The molecule has 1 atom stereocenters. The second-order valence-electron chi connectivity index (χ2n) is 6.33. The number of esters is 2. The first-order valence-corrected chi connectivity index (χ1v) is 9.27. The van der Waals surface area contributed by atoms with Gasteiger partial charge < -0.3 is 19.0 Å². The van der Waals surface area contributed by atoms with Crippen molar-refractivity contribution >= 4 is 17.7 Å². The highest BCUT2D eigenvalue weighted by molar-refractivity contribution is 6.25. The van der Waals surface area contributed by atoms with Crippen molar-refractivity contribution < 1.29 is 28.6 Å². The van der Waals surface area contributed by atoms with E-state index in [1.54, 1.807) is 19.9 Å². The van der Waals surface area contributed by atoms with Gasteiger partial charge in [0.25, 0.3) is 0 Å². The van der Waals surface area contributed by atoms with E-state index in [0.29, 0.717) is 0 Å². The lowest BCUT2D eigenvalue weighted by atomic mass is 9.97. The van der Waals surface area contributed by atoms with Crippen LogP contribution in [0.1, 0.15) is 31.9 Å². The average Bonchev–Trinajstić information content (AvgIpc) is 3.22. The number of carbonyl (C=O) groups excluding carboxylic acids is 2. The molecule has 0 saturated heterocycles. The number of ether oxygens (including phenoxy) is 2. The number of nitrogens with zero attached hydrogens (tertiary/aromatic N) is 1. The van der Waals surface area contributed by atoms with Crippen LogP contribution in [-0.2, 0) is 32.2 Å². The van der Waals surface area contributed by atoms with Crippen LogP contribution in [0.4, 0.5) is 0 Å². The number of benzene rings is 1.